The number of aromatic nitrogens is 2. The zero-order valence-electron chi connectivity index (χ0n) is 11.7. The Kier molecular flexibility index (Phi) is 4.03. The first-order chi connectivity index (χ1) is 10.2. The number of hydrogen-bond acceptors (Lipinski definition) is 4. The second-order valence-corrected chi connectivity index (χ2v) is 5.97. The molecule has 1 aromatic heterocycles. The maximum atomic E-state index is 6.01. The van der Waals surface area contributed by atoms with Gasteiger partial charge in [0.2, 0.25) is 0 Å². The molecule has 0 saturated heterocycles. The second kappa shape index (κ2) is 5.95. The molecule has 3 rings (SSSR count). The lowest BCUT2D eigenvalue weighted by Gasteiger charge is -2.02. The zero-order valence-corrected chi connectivity index (χ0v) is 13.3. The second-order valence-electron chi connectivity index (χ2n) is 5.06. The van der Waals surface area contributed by atoms with Gasteiger partial charge in [0.05, 0.1) is 6.04 Å². The van der Waals surface area contributed by atoms with Crippen molar-refractivity contribution >= 4 is 26.7 Å². The van der Waals surface area contributed by atoms with E-state index in [0.717, 1.165) is 33.7 Å². The quantitative estimate of drug-likeness (QED) is 0.758. The van der Waals surface area contributed by atoms with Gasteiger partial charge in [-0.1, -0.05) is 46.6 Å². The lowest BCUT2D eigenvalue weighted by atomic mass is 10.1. The molecule has 0 aliphatic heterocycles. The maximum absolute atomic E-state index is 6.01. The van der Waals surface area contributed by atoms with Crippen LogP contribution in [0, 0.1) is 0 Å². The van der Waals surface area contributed by atoms with Crippen molar-refractivity contribution in [3.8, 4) is 11.5 Å². The highest BCUT2D eigenvalue weighted by atomic mass is 79.9. The van der Waals surface area contributed by atoms with Gasteiger partial charge in [-0.2, -0.15) is 4.98 Å². The number of benzene rings is 2. The molecule has 0 saturated carbocycles. The molecule has 108 valence electrons. The number of fused-ring (bicyclic) bond motifs is 1. The van der Waals surface area contributed by atoms with E-state index >= 15 is 0 Å². The SMILES string of the molecule is CCCC(N)c1noc(-c2ccc3cc(Br)ccc3c2)n1. The van der Waals surface area contributed by atoms with Gasteiger partial charge < -0.3 is 10.3 Å². The van der Waals surface area contributed by atoms with E-state index in [9.17, 15) is 0 Å². The van der Waals surface area contributed by atoms with Crippen LogP contribution in [0.15, 0.2) is 45.4 Å². The van der Waals surface area contributed by atoms with E-state index in [1.54, 1.807) is 0 Å². The Morgan fingerprint density at radius 2 is 1.95 bits per heavy atom. The number of halogens is 1. The standard InChI is InChI=1S/C16H16BrN3O/c1-2-3-14(18)15-19-16(21-20-15)12-5-4-11-9-13(17)7-6-10(11)8-12/h4-9,14H,2-3,18H2,1H3. The molecule has 0 spiro atoms. The fraction of sp³-hybridized carbons (Fsp3) is 0.250. The van der Waals surface area contributed by atoms with Crippen molar-refractivity contribution in [1.82, 2.24) is 10.1 Å². The van der Waals surface area contributed by atoms with Crippen LogP contribution in [0.5, 0.6) is 0 Å². The molecule has 1 heterocycles. The van der Waals surface area contributed by atoms with E-state index in [2.05, 4.69) is 45.1 Å². The largest absolute Gasteiger partial charge is 0.334 e. The van der Waals surface area contributed by atoms with Crippen molar-refractivity contribution in [3.05, 3.63) is 46.7 Å². The maximum Gasteiger partial charge on any atom is 0.258 e. The zero-order chi connectivity index (χ0) is 14.8. The van der Waals surface area contributed by atoms with Crippen molar-refractivity contribution in [2.45, 2.75) is 25.8 Å². The topological polar surface area (TPSA) is 64.9 Å². The lowest BCUT2D eigenvalue weighted by molar-refractivity contribution is 0.413. The van der Waals surface area contributed by atoms with Crippen LogP contribution < -0.4 is 5.73 Å². The van der Waals surface area contributed by atoms with Crippen LogP contribution in [0.25, 0.3) is 22.2 Å². The van der Waals surface area contributed by atoms with E-state index in [1.165, 1.54) is 0 Å². The molecule has 0 amide bonds. The summed E-state index contributed by atoms with van der Waals surface area (Å²) in [4.78, 5) is 4.41. The molecule has 5 heteroatoms. The Morgan fingerprint density at radius 3 is 2.76 bits per heavy atom. The fourth-order valence-corrected chi connectivity index (χ4v) is 2.67. The van der Waals surface area contributed by atoms with E-state index in [-0.39, 0.29) is 6.04 Å². The monoisotopic (exact) mass is 345 g/mol. The fourth-order valence-electron chi connectivity index (χ4n) is 2.29. The molecular formula is C16H16BrN3O. The Labute approximate surface area is 131 Å². The Morgan fingerprint density at radius 1 is 1.19 bits per heavy atom. The summed E-state index contributed by atoms with van der Waals surface area (Å²) in [5.74, 6) is 1.09. The lowest BCUT2D eigenvalue weighted by Crippen LogP contribution is -2.11. The summed E-state index contributed by atoms with van der Waals surface area (Å²) >= 11 is 3.48. The smallest absolute Gasteiger partial charge is 0.258 e. The molecule has 0 fully saturated rings. The molecular weight excluding hydrogens is 330 g/mol. The predicted octanol–water partition coefficient (Wildman–Crippen LogP) is 4.45. The summed E-state index contributed by atoms with van der Waals surface area (Å²) in [7, 11) is 0. The van der Waals surface area contributed by atoms with Crippen LogP contribution in [0.2, 0.25) is 0 Å². The minimum Gasteiger partial charge on any atom is -0.334 e. The minimum absolute atomic E-state index is 0.163. The van der Waals surface area contributed by atoms with Crippen LogP contribution in [0.3, 0.4) is 0 Å². The van der Waals surface area contributed by atoms with Gasteiger partial charge in [-0.05, 0) is 41.5 Å². The molecule has 2 N–H and O–H groups in total. The third-order valence-electron chi connectivity index (χ3n) is 3.42. The van der Waals surface area contributed by atoms with Crippen LogP contribution in [-0.2, 0) is 0 Å². The summed E-state index contributed by atoms with van der Waals surface area (Å²) in [5.41, 5.74) is 6.92. The molecule has 0 radical (unpaired) electrons. The highest BCUT2D eigenvalue weighted by Gasteiger charge is 2.14. The predicted molar refractivity (Wildman–Crippen MR) is 86.8 cm³/mol. The Hall–Kier alpha value is -1.72. The number of nitrogens with zero attached hydrogens (tertiary/aromatic N) is 2. The van der Waals surface area contributed by atoms with Gasteiger partial charge >= 0.3 is 0 Å². The van der Waals surface area contributed by atoms with Crippen molar-refractivity contribution in [2.75, 3.05) is 0 Å². The van der Waals surface area contributed by atoms with Crippen LogP contribution in [0.4, 0.5) is 0 Å². The molecule has 1 atom stereocenters. The summed E-state index contributed by atoms with van der Waals surface area (Å²) < 4.78 is 6.40. The molecule has 3 aromatic rings. The molecule has 21 heavy (non-hydrogen) atoms. The van der Waals surface area contributed by atoms with Gasteiger partial charge in [-0.15, -0.1) is 0 Å². The summed E-state index contributed by atoms with van der Waals surface area (Å²) in [6.45, 7) is 2.09. The van der Waals surface area contributed by atoms with E-state index in [4.69, 9.17) is 10.3 Å². The third kappa shape index (κ3) is 2.99. The highest BCUT2D eigenvalue weighted by Crippen LogP contribution is 2.26. The van der Waals surface area contributed by atoms with Gasteiger partial charge in [-0.25, -0.2) is 0 Å². The Bertz CT molecular complexity index is 769. The molecule has 0 aliphatic carbocycles. The van der Waals surface area contributed by atoms with Gasteiger partial charge in [0.1, 0.15) is 0 Å². The van der Waals surface area contributed by atoms with E-state index in [1.807, 2.05) is 24.3 Å². The Balaban J connectivity index is 1.95. The molecule has 1 unspecified atom stereocenters. The minimum atomic E-state index is -0.163. The summed E-state index contributed by atoms with van der Waals surface area (Å²) in [5, 5.41) is 6.28. The van der Waals surface area contributed by atoms with Gasteiger partial charge in [0.15, 0.2) is 5.82 Å². The normalized spacial score (nSPS) is 12.7. The summed E-state index contributed by atoms with van der Waals surface area (Å²) in [6, 6.07) is 12.1. The number of nitrogens with two attached hydrogens (primary N) is 1. The number of rotatable bonds is 4. The van der Waals surface area contributed by atoms with Gasteiger partial charge in [-0.3, -0.25) is 0 Å². The molecule has 0 bridgehead atoms. The van der Waals surface area contributed by atoms with E-state index in [0.29, 0.717) is 11.7 Å². The van der Waals surface area contributed by atoms with Gasteiger partial charge in [0.25, 0.3) is 5.89 Å². The average Bonchev–Trinajstić information content (AvgIpc) is 2.97. The summed E-state index contributed by atoms with van der Waals surface area (Å²) in [6.07, 6.45) is 1.85. The first-order valence-electron chi connectivity index (χ1n) is 6.96. The number of hydrogen-bond donors (Lipinski definition) is 1. The first kappa shape index (κ1) is 14.2. The van der Waals surface area contributed by atoms with Crippen LogP contribution >= 0.6 is 15.9 Å². The van der Waals surface area contributed by atoms with Crippen molar-refractivity contribution in [2.24, 2.45) is 5.73 Å². The van der Waals surface area contributed by atoms with E-state index < -0.39 is 0 Å². The van der Waals surface area contributed by atoms with Crippen LogP contribution in [-0.4, -0.2) is 10.1 Å². The third-order valence-corrected chi connectivity index (χ3v) is 3.92. The van der Waals surface area contributed by atoms with Crippen molar-refractivity contribution in [1.29, 1.82) is 0 Å². The molecule has 2 aromatic carbocycles. The average molecular weight is 346 g/mol. The van der Waals surface area contributed by atoms with Crippen molar-refractivity contribution in [3.63, 3.8) is 0 Å². The molecule has 4 nitrogen and oxygen atoms in total. The highest BCUT2D eigenvalue weighted by molar-refractivity contribution is 9.10. The van der Waals surface area contributed by atoms with Crippen molar-refractivity contribution < 1.29 is 4.52 Å². The first-order valence-corrected chi connectivity index (χ1v) is 7.75. The van der Waals surface area contributed by atoms with Gasteiger partial charge in [0, 0.05) is 10.0 Å². The molecule has 0 aliphatic rings. The van der Waals surface area contributed by atoms with Crippen LogP contribution in [0.1, 0.15) is 31.6 Å².